The second-order valence-corrected chi connectivity index (χ2v) is 5.66. The van der Waals surface area contributed by atoms with Gasteiger partial charge < -0.3 is 14.1 Å². The van der Waals surface area contributed by atoms with Crippen LogP contribution in [0.1, 0.15) is 21.5 Å². The SMILES string of the molecule is COc1ccc([C@H]2SCCN2C(=O)c2ccco2)cc1. The molecule has 3 rings (SSSR count). The van der Waals surface area contributed by atoms with E-state index >= 15 is 0 Å². The molecule has 1 saturated heterocycles. The van der Waals surface area contributed by atoms with Gasteiger partial charge in [-0.2, -0.15) is 0 Å². The molecule has 1 amide bonds. The summed E-state index contributed by atoms with van der Waals surface area (Å²) < 4.78 is 10.4. The standard InChI is InChI=1S/C15H15NO3S/c1-18-12-6-4-11(5-7-12)15-16(8-10-20-15)14(17)13-3-2-9-19-13/h2-7,9,15H,8,10H2,1H3/t15-/m1/s1. The molecule has 0 radical (unpaired) electrons. The minimum absolute atomic E-state index is 0.0403. The molecule has 1 aliphatic heterocycles. The normalized spacial score (nSPS) is 18.2. The van der Waals surface area contributed by atoms with Gasteiger partial charge in [-0.05, 0) is 29.8 Å². The second kappa shape index (κ2) is 5.63. The summed E-state index contributed by atoms with van der Waals surface area (Å²) in [7, 11) is 1.64. The fraction of sp³-hybridized carbons (Fsp3) is 0.267. The van der Waals surface area contributed by atoms with E-state index in [-0.39, 0.29) is 11.3 Å². The zero-order chi connectivity index (χ0) is 13.9. The molecule has 104 valence electrons. The lowest BCUT2D eigenvalue weighted by Gasteiger charge is -2.23. The van der Waals surface area contributed by atoms with Gasteiger partial charge in [0.15, 0.2) is 5.76 Å². The molecular formula is C15H15NO3S. The third-order valence-electron chi connectivity index (χ3n) is 3.28. The van der Waals surface area contributed by atoms with Crippen LogP contribution in [-0.4, -0.2) is 30.2 Å². The summed E-state index contributed by atoms with van der Waals surface area (Å²) in [6.07, 6.45) is 1.53. The Morgan fingerprint density at radius 2 is 2.15 bits per heavy atom. The lowest BCUT2D eigenvalue weighted by molar-refractivity contribution is 0.0728. The number of rotatable bonds is 3. The molecule has 1 aromatic carbocycles. The van der Waals surface area contributed by atoms with E-state index < -0.39 is 0 Å². The molecule has 1 aliphatic rings. The molecule has 4 nitrogen and oxygen atoms in total. The van der Waals surface area contributed by atoms with Gasteiger partial charge in [-0.3, -0.25) is 4.79 Å². The Morgan fingerprint density at radius 3 is 2.80 bits per heavy atom. The Balaban J connectivity index is 1.83. The molecule has 1 fully saturated rings. The number of nitrogens with zero attached hydrogens (tertiary/aromatic N) is 1. The molecule has 0 spiro atoms. The lowest BCUT2D eigenvalue weighted by atomic mass is 10.2. The van der Waals surface area contributed by atoms with Gasteiger partial charge in [-0.25, -0.2) is 0 Å². The first-order valence-electron chi connectivity index (χ1n) is 6.39. The van der Waals surface area contributed by atoms with E-state index in [1.165, 1.54) is 6.26 Å². The van der Waals surface area contributed by atoms with Gasteiger partial charge in [0.2, 0.25) is 0 Å². The van der Waals surface area contributed by atoms with Gasteiger partial charge in [-0.1, -0.05) is 12.1 Å². The average molecular weight is 289 g/mol. The highest BCUT2D eigenvalue weighted by Crippen LogP contribution is 2.39. The summed E-state index contributed by atoms with van der Waals surface area (Å²) in [4.78, 5) is 14.3. The largest absolute Gasteiger partial charge is 0.497 e. The molecule has 0 aliphatic carbocycles. The van der Waals surface area contributed by atoms with E-state index in [1.807, 2.05) is 29.2 Å². The van der Waals surface area contributed by atoms with E-state index in [9.17, 15) is 4.79 Å². The van der Waals surface area contributed by atoms with Crippen LogP contribution < -0.4 is 4.74 Å². The number of hydrogen-bond donors (Lipinski definition) is 0. The van der Waals surface area contributed by atoms with Gasteiger partial charge in [0.1, 0.15) is 11.1 Å². The summed E-state index contributed by atoms with van der Waals surface area (Å²) in [5.41, 5.74) is 1.10. The fourth-order valence-corrected chi connectivity index (χ4v) is 3.52. The minimum atomic E-state index is -0.0548. The van der Waals surface area contributed by atoms with Crippen LogP contribution in [0.15, 0.2) is 47.1 Å². The Bertz CT molecular complexity index is 580. The van der Waals surface area contributed by atoms with Crippen LogP contribution in [0.4, 0.5) is 0 Å². The molecule has 2 heterocycles. The van der Waals surface area contributed by atoms with Crippen LogP contribution in [0.25, 0.3) is 0 Å². The van der Waals surface area contributed by atoms with Crippen molar-refractivity contribution in [3.63, 3.8) is 0 Å². The third-order valence-corrected chi connectivity index (χ3v) is 4.55. The summed E-state index contributed by atoms with van der Waals surface area (Å²) in [5.74, 6) is 2.09. The average Bonchev–Trinajstić information content (AvgIpc) is 3.18. The van der Waals surface area contributed by atoms with Crippen LogP contribution in [0.5, 0.6) is 5.75 Å². The van der Waals surface area contributed by atoms with Crippen molar-refractivity contribution < 1.29 is 13.9 Å². The van der Waals surface area contributed by atoms with Gasteiger partial charge in [0.25, 0.3) is 5.91 Å². The molecule has 0 saturated carbocycles. The lowest BCUT2D eigenvalue weighted by Crippen LogP contribution is -2.30. The van der Waals surface area contributed by atoms with Crippen molar-refractivity contribution in [1.82, 2.24) is 4.90 Å². The maximum Gasteiger partial charge on any atom is 0.290 e. The van der Waals surface area contributed by atoms with Crippen LogP contribution in [0, 0.1) is 0 Å². The maximum absolute atomic E-state index is 12.4. The molecule has 2 aromatic rings. The van der Waals surface area contributed by atoms with Crippen molar-refractivity contribution in [3.8, 4) is 5.75 Å². The van der Waals surface area contributed by atoms with Crippen LogP contribution in [0.2, 0.25) is 0 Å². The first kappa shape index (κ1) is 13.1. The van der Waals surface area contributed by atoms with Crippen molar-refractivity contribution in [2.24, 2.45) is 0 Å². The maximum atomic E-state index is 12.4. The van der Waals surface area contributed by atoms with E-state index in [0.29, 0.717) is 5.76 Å². The summed E-state index contributed by atoms with van der Waals surface area (Å²) in [6, 6.07) is 11.3. The second-order valence-electron chi connectivity index (χ2n) is 4.47. The van der Waals surface area contributed by atoms with Crippen LogP contribution in [0.3, 0.4) is 0 Å². The fourth-order valence-electron chi connectivity index (χ4n) is 2.26. The van der Waals surface area contributed by atoms with Crippen molar-refractivity contribution in [1.29, 1.82) is 0 Å². The van der Waals surface area contributed by atoms with Crippen LogP contribution in [-0.2, 0) is 0 Å². The first-order chi connectivity index (χ1) is 9.79. The van der Waals surface area contributed by atoms with Gasteiger partial charge in [-0.15, -0.1) is 11.8 Å². The topological polar surface area (TPSA) is 42.7 Å². The van der Waals surface area contributed by atoms with Crippen molar-refractivity contribution >= 4 is 17.7 Å². The number of furan rings is 1. The quantitative estimate of drug-likeness (QED) is 0.870. The number of benzene rings is 1. The number of ether oxygens (including phenoxy) is 1. The third kappa shape index (κ3) is 2.41. The Labute approximate surface area is 121 Å². The Hall–Kier alpha value is -1.88. The van der Waals surface area contributed by atoms with E-state index in [1.54, 1.807) is 31.0 Å². The van der Waals surface area contributed by atoms with Crippen LogP contribution >= 0.6 is 11.8 Å². The Morgan fingerprint density at radius 1 is 1.35 bits per heavy atom. The number of hydrogen-bond acceptors (Lipinski definition) is 4. The molecule has 5 heteroatoms. The van der Waals surface area contributed by atoms with Gasteiger partial charge in [0.05, 0.1) is 13.4 Å². The number of methoxy groups -OCH3 is 1. The molecular weight excluding hydrogens is 274 g/mol. The zero-order valence-electron chi connectivity index (χ0n) is 11.1. The zero-order valence-corrected chi connectivity index (χ0v) is 11.9. The summed E-state index contributed by atoms with van der Waals surface area (Å²) in [5, 5.41) is 0.0403. The number of carbonyl (C=O) groups is 1. The van der Waals surface area contributed by atoms with E-state index in [2.05, 4.69) is 0 Å². The molecule has 0 unspecified atom stereocenters. The molecule has 20 heavy (non-hydrogen) atoms. The van der Waals surface area contributed by atoms with Crippen molar-refractivity contribution in [3.05, 3.63) is 54.0 Å². The number of carbonyl (C=O) groups excluding carboxylic acids is 1. The molecule has 0 bridgehead atoms. The smallest absolute Gasteiger partial charge is 0.290 e. The predicted molar refractivity (Wildman–Crippen MR) is 77.9 cm³/mol. The van der Waals surface area contributed by atoms with E-state index in [0.717, 1.165) is 23.6 Å². The summed E-state index contributed by atoms with van der Waals surface area (Å²) in [6.45, 7) is 0.737. The van der Waals surface area contributed by atoms with Gasteiger partial charge >= 0.3 is 0 Å². The highest BCUT2D eigenvalue weighted by molar-refractivity contribution is 7.99. The molecule has 1 atom stereocenters. The van der Waals surface area contributed by atoms with Crippen molar-refractivity contribution in [2.45, 2.75) is 5.37 Å². The highest BCUT2D eigenvalue weighted by Gasteiger charge is 2.32. The Kier molecular flexibility index (Phi) is 3.69. The molecule has 1 aromatic heterocycles. The van der Waals surface area contributed by atoms with Crippen molar-refractivity contribution in [2.75, 3.05) is 19.4 Å². The van der Waals surface area contributed by atoms with Gasteiger partial charge in [0, 0.05) is 12.3 Å². The minimum Gasteiger partial charge on any atom is -0.497 e. The monoisotopic (exact) mass is 289 g/mol. The van der Waals surface area contributed by atoms with E-state index in [4.69, 9.17) is 9.15 Å². The number of amides is 1. The molecule has 0 N–H and O–H groups in total. The first-order valence-corrected chi connectivity index (χ1v) is 7.44. The number of thioether (sulfide) groups is 1. The summed E-state index contributed by atoms with van der Waals surface area (Å²) >= 11 is 1.77. The highest BCUT2D eigenvalue weighted by atomic mass is 32.2. The predicted octanol–water partition coefficient (Wildman–Crippen LogP) is 3.18.